The van der Waals surface area contributed by atoms with Gasteiger partial charge in [0.1, 0.15) is 11.3 Å². The maximum atomic E-state index is 14.0. The zero-order valence-electron chi connectivity index (χ0n) is 10.7. The number of rotatable bonds is 2. The highest BCUT2D eigenvalue weighted by Gasteiger charge is 2.17. The molecule has 0 atom stereocenters. The van der Waals surface area contributed by atoms with Crippen molar-refractivity contribution in [2.24, 2.45) is 0 Å². The second-order valence-electron chi connectivity index (χ2n) is 4.48. The number of aromatic nitrogens is 1. The highest BCUT2D eigenvalue weighted by Crippen LogP contribution is 2.31. The number of fused-ring (bicyclic) bond motifs is 1. The summed E-state index contributed by atoms with van der Waals surface area (Å²) in [4.78, 5) is 15.7. The Bertz CT molecular complexity index is 850. The molecule has 1 heterocycles. The van der Waals surface area contributed by atoms with E-state index in [0.717, 1.165) is 0 Å². The summed E-state index contributed by atoms with van der Waals surface area (Å²) in [7, 11) is 0. The lowest BCUT2D eigenvalue weighted by Gasteiger charge is -2.09. The number of carbonyl (C=O) groups is 1. The van der Waals surface area contributed by atoms with Gasteiger partial charge >= 0.3 is 5.97 Å². The van der Waals surface area contributed by atoms with Gasteiger partial charge in [0, 0.05) is 10.9 Å². The molecule has 5 heteroatoms. The maximum Gasteiger partial charge on any atom is 0.336 e. The summed E-state index contributed by atoms with van der Waals surface area (Å²) in [5.74, 6) is -1.78. The molecular formula is C16H9ClFNO2. The molecule has 1 N–H and O–H groups in total. The van der Waals surface area contributed by atoms with Gasteiger partial charge in [-0.15, -0.1) is 0 Å². The molecule has 0 aliphatic heterocycles. The molecule has 0 amide bonds. The lowest BCUT2D eigenvalue weighted by molar-refractivity contribution is 0.0699. The second kappa shape index (κ2) is 5.14. The fourth-order valence-corrected chi connectivity index (χ4v) is 2.45. The summed E-state index contributed by atoms with van der Waals surface area (Å²) >= 11 is 6.01. The van der Waals surface area contributed by atoms with Crippen LogP contribution >= 0.6 is 11.6 Å². The Hall–Kier alpha value is -2.46. The van der Waals surface area contributed by atoms with Crippen molar-refractivity contribution >= 4 is 28.5 Å². The van der Waals surface area contributed by atoms with Crippen LogP contribution < -0.4 is 0 Å². The Morgan fingerprint density at radius 2 is 1.86 bits per heavy atom. The largest absolute Gasteiger partial charge is 0.478 e. The predicted molar refractivity (Wildman–Crippen MR) is 79.1 cm³/mol. The van der Waals surface area contributed by atoms with Gasteiger partial charge in [0.25, 0.3) is 0 Å². The van der Waals surface area contributed by atoms with Gasteiger partial charge in [0.2, 0.25) is 0 Å². The first kappa shape index (κ1) is 13.5. The summed E-state index contributed by atoms with van der Waals surface area (Å²) in [5, 5.41) is 9.64. The van der Waals surface area contributed by atoms with E-state index in [4.69, 9.17) is 11.6 Å². The van der Waals surface area contributed by atoms with E-state index >= 15 is 0 Å². The summed E-state index contributed by atoms with van der Waals surface area (Å²) in [5.41, 5.74) is 0.993. The molecule has 0 spiro atoms. The van der Waals surface area contributed by atoms with Crippen molar-refractivity contribution in [2.75, 3.05) is 0 Å². The minimum absolute atomic E-state index is 0.0405. The number of nitrogens with zero attached hydrogens (tertiary/aromatic N) is 1. The van der Waals surface area contributed by atoms with Crippen LogP contribution in [-0.2, 0) is 0 Å². The third-order valence-corrected chi connectivity index (χ3v) is 3.48. The molecule has 0 radical (unpaired) electrons. The van der Waals surface area contributed by atoms with Crippen molar-refractivity contribution in [3.63, 3.8) is 0 Å². The number of carboxylic acid groups (broad SMARTS) is 1. The number of hydrogen-bond acceptors (Lipinski definition) is 2. The molecule has 0 aliphatic rings. The monoisotopic (exact) mass is 301 g/mol. The first-order chi connectivity index (χ1) is 10.1. The number of benzene rings is 2. The van der Waals surface area contributed by atoms with Crippen LogP contribution in [0.1, 0.15) is 10.4 Å². The van der Waals surface area contributed by atoms with Crippen LogP contribution in [0.2, 0.25) is 5.02 Å². The molecule has 3 aromatic rings. The molecule has 1 aromatic heterocycles. The maximum absolute atomic E-state index is 14.0. The van der Waals surface area contributed by atoms with Crippen LogP contribution in [0.5, 0.6) is 0 Å². The average Bonchev–Trinajstić information content (AvgIpc) is 2.51. The van der Waals surface area contributed by atoms with E-state index < -0.39 is 11.8 Å². The Labute approximate surface area is 124 Å². The molecule has 2 aromatic carbocycles. The van der Waals surface area contributed by atoms with E-state index in [-0.39, 0.29) is 21.5 Å². The van der Waals surface area contributed by atoms with Crippen molar-refractivity contribution in [1.29, 1.82) is 0 Å². The Balaban J connectivity index is 2.41. The molecule has 104 valence electrons. The van der Waals surface area contributed by atoms with E-state index in [1.165, 1.54) is 18.2 Å². The summed E-state index contributed by atoms with van der Waals surface area (Å²) < 4.78 is 14.0. The van der Waals surface area contributed by atoms with Gasteiger partial charge in [-0.1, -0.05) is 41.9 Å². The molecule has 0 fully saturated rings. The standard InChI is InChI=1S/C16H9ClFNO2/c17-11-6-7-12(18)15-14(11)10(16(20)21)8-13(19-15)9-4-2-1-3-5-9/h1-8H,(H,20,21). The summed E-state index contributed by atoms with van der Waals surface area (Å²) in [6.45, 7) is 0. The first-order valence-corrected chi connectivity index (χ1v) is 6.53. The van der Waals surface area contributed by atoms with Crippen LogP contribution in [0.4, 0.5) is 4.39 Å². The molecular weight excluding hydrogens is 293 g/mol. The smallest absolute Gasteiger partial charge is 0.336 e. The van der Waals surface area contributed by atoms with Gasteiger partial charge in [0.05, 0.1) is 16.3 Å². The molecule has 0 saturated carbocycles. The first-order valence-electron chi connectivity index (χ1n) is 6.15. The van der Waals surface area contributed by atoms with Gasteiger partial charge in [0.15, 0.2) is 0 Å². The third-order valence-electron chi connectivity index (χ3n) is 3.16. The lowest BCUT2D eigenvalue weighted by Crippen LogP contribution is -2.02. The van der Waals surface area contributed by atoms with Crippen molar-refractivity contribution in [3.8, 4) is 11.3 Å². The van der Waals surface area contributed by atoms with Gasteiger partial charge in [-0.3, -0.25) is 0 Å². The van der Waals surface area contributed by atoms with Crippen LogP contribution in [0.25, 0.3) is 22.2 Å². The fourth-order valence-electron chi connectivity index (χ4n) is 2.19. The average molecular weight is 302 g/mol. The Morgan fingerprint density at radius 3 is 2.52 bits per heavy atom. The van der Waals surface area contributed by atoms with Crippen LogP contribution in [0, 0.1) is 5.82 Å². The highest BCUT2D eigenvalue weighted by atomic mass is 35.5. The number of pyridine rings is 1. The Morgan fingerprint density at radius 1 is 1.14 bits per heavy atom. The number of carboxylic acids is 1. The van der Waals surface area contributed by atoms with Gasteiger partial charge in [-0.2, -0.15) is 0 Å². The molecule has 3 nitrogen and oxygen atoms in total. The van der Waals surface area contributed by atoms with E-state index in [2.05, 4.69) is 4.98 Å². The second-order valence-corrected chi connectivity index (χ2v) is 4.89. The minimum Gasteiger partial charge on any atom is -0.478 e. The van der Waals surface area contributed by atoms with E-state index in [1.54, 1.807) is 24.3 Å². The molecule has 21 heavy (non-hydrogen) atoms. The van der Waals surface area contributed by atoms with E-state index in [1.807, 2.05) is 6.07 Å². The van der Waals surface area contributed by atoms with Crippen molar-refractivity contribution in [2.45, 2.75) is 0 Å². The zero-order valence-corrected chi connectivity index (χ0v) is 11.4. The molecule has 0 bridgehead atoms. The fraction of sp³-hybridized carbons (Fsp3) is 0. The number of hydrogen-bond donors (Lipinski definition) is 1. The number of aromatic carboxylic acids is 1. The minimum atomic E-state index is -1.17. The number of halogens is 2. The SMILES string of the molecule is O=C(O)c1cc(-c2ccccc2)nc2c(F)ccc(Cl)c12. The molecule has 0 saturated heterocycles. The molecule has 0 unspecified atom stereocenters. The van der Waals surface area contributed by atoms with Gasteiger partial charge in [-0.25, -0.2) is 14.2 Å². The molecule has 0 aliphatic carbocycles. The van der Waals surface area contributed by atoms with Gasteiger partial charge in [-0.05, 0) is 18.2 Å². The third kappa shape index (κ3) is 2.34. The summed E-state index contributed by atoms with van der Waals surface area (Å²) in [6.07, 6.45) is 0. The predicted octanol–water partition coefficient (Wildman–Crippen LogP) is 4.39. The van der Waals surface area contributed by atoms with Crippen molar-refractivity contribution in [1.82, 2.24) is 4.98 Å². The molecule has 3 rings (SSSR count). The van der Waals surface area contributed by atoms with E-state index in [0.29, 0.717) is 11.3 Å². The highest BCUT2D eigenvalue weighted by molar-refractivity contribution is 6.36. The van der Waals surface area contributed by atoms with Gasteiger partial charge < -0.3 is 5.11 Å². The van der Waals surface area contributed by atoms with Crippen LogP contribution in [-0.4, -0.2) is 16.1 Å². The van der Waals surface area contributed by atoms with E-state index in [9.17, 15) is 14.3 Å². The van der Waals surface area contributed by atoms with Crippen molar-refractivity contribution < 1.29 is 14.3 Å². The topological polar surface area (TPSA) is 50.2 Å². The normalized spacial score (nSPS) is 10.8. The summed E-state index contributed by atoms with van der Waals surface area (Å²) in [6, 6.07) is 12.9. The zero-order chi connectivity index (χ0) is 15.0. The van der Waals surface area contributed by atoms with Crippen LogP contribution in [0.15, 0.2) is 48.5 Å². The van der Waals surface area contributed by atoms with Crippen molar-refractivity contribution in [3.05, 3.63) is 64.9 Å². The Kier molecular flexibility index (Phi) is 3.31. The lowest BCUT2D eigenvalue weighted by atomic mass is 10.0. The quantitative estimate of drug-likeness (QED) is 0.763. The van der Waals surface area contributed by atoms with Crippen LogP contribution in [0.3, 0.4) is 0 Å².